The monoisotopic (exact) mass is 272 g/mol. The molecular weight excluding hydrogens is 256 g/mol. The average Bonchev–Trinajstić information content (AvgIpc) is 2.15. The maximum absolute atomic E-state index is 11.5. The lowest BCUT2D eigenvalue weighted by Gasteiger charge is -2.11. The first-order valence-corrected chi connectivity index (χ1v) is 7.88. The van der Waals surface area contributed by atoms with Gasteiger partial charge in [0.1, 0.15) is 5.25 Å². The highest BCUT2D eigenvalue weighted by molar-refractivity contribution is 7.93. The third kappa shape index (κ3) is 5.55. The van der Waals surface area contributed by atoms with Crippen LogP contribution >= 0.6 is 12.2 Å². The number of nitrogens with two attached hydrogens (primary N) is 1. The third-order valence-electron chi connectivity index (χ3n) is 1.82. The van der Waals surface area contributed by atoms with E-state index in [0.29, 0.717) is 11.5 Å². The summed E-state index contributed by atoms with van der Waals surface area (Å²) in [4.78, 5) is -0.0703. The van der Waals surface area contributed by atoms with Crippen molar-refractivity contribution in [3.63, 3.8) is 0 Å². The fraction of sp³-hybridized carbons (Fsp3) is 0.857. The molecule has 2 unspecified atom stereocenters. The zero-order chi connectivity index (χ0) is 12.1. The quantitative estimate of drug-likeness (QED) is 0.601. The van der Waals surface area contributed by atoms with Crippen LogP contribution in [0.2, 0.25) is 0 Å². The van der Waals surface area contributed by atoms with Gasteiger partial charge in [-0.1, -0.05) is 19.1 Å². The Morgan fingerprint density at radius 1 is 1.60 bits per heavy atom. The molecule has 0 fully saturated rings. The van der Waals surface area contributed by atoms with Gasteiger partial charge in [-0.2, -0.15) is 0 Å². The Bertz CT molecular complexity index is 339. The molecule has 2 atom stereocenters. The number of thiocarbonyl (C=S) groups is 1. The van der Waals surface area contributed by atoms with Crippen LogP contribution in [0.25, 0.3) is 0 Å². The second-order valence-electron chi connectivity index (χ2n) is 2.92. The topological polar surface area (TPSA) is 89.3 Å². The molecule has 0 aromatic rings. The summed E-state index contributed by atoms with van der Waals surface area (Å²) in [5, 5.41) is -0.900. The van der Waals surface area contributed by atoms with E-state index in [0.717, 1.165) is 0 Å². The number of hydrogen-bond acceptors (Lipinski definition) is 4. The number of hydrogen-bond donors (Lipinski definition) is 2. The Hall–Kier alpha value is -0.0500. The molecule has 90 valence electrons. The molecule has 0 saturated carbocycles. The van der Waals surface area contributed by atoms with Crippen LogP contribution in [0.15, 0.2) is 0 Å². The molecule has 0 aliphatic heterocycles. The molecule has 0 bridgehead atoms. The van der Waals surface area contributed by atoms with Crippen LogP contribution in [0, 0.1) is 0 Å². The molecule has 0 radical (unpaired) electrons. The van der Waals surface area contributed by atoms with Gasteiger partial charge < -0.3 is 5.73 Å². The van der Waals surface area contributed by atoms with Crippen LogP contribution in [-0.2, 0) is 20.8 Å². The largest absolute Gasteiger partial charge is 0.392 e. The van der Waals surface area contributed by atoms with E-state index in [1.807, 2.05) is 0 Å². The highest BCUT2D eigenvalue weighted by Crippen LogP contribution is 1.98. The standard InChI is InChI=1S/C7H16N2O3S3/c1-3-14(10)5-4-9-15(11,12)6(2)7(8)13/h6,9H,3-5H2,1-2H3,(H2,8,13). The minimum absolute atomic E-state index is 0.0703. The van der Waals surface area contributed by atoms with Gasteiger partial charge in [-0.25, -0.2) is 13.1 Å². The minimum Gasteiger partial charge on any atom is -0.392 e. The fourth-order valence-corrected chi connectivity index (χ4v) is 2.79. The highest BCUT2D eigenvalue weighted by atomic mass is 32.2. The van der Waals surface area contributed by atoms with Crippen LogP contribution in [-0.4, -0.2) is 40.9 Å². The molecule has 0 aliphatic rings. The van der Waals surface area contributed by atoms with Crippen LogP contribution in [0.5, 0.6) is 0 Å². The molecule has 5 nitrogen and oxygen atoms in total. The van der Waals surface area contributed by atoms with E-state index >= 15 is 0 Å². The van der Waals surface area contributed by atoms with Crippen molar-refractivity contribution >= 4 is 38.0 Å². The fourth-order valence-electron chi connectivity index (χ4n) is 0.720. The van der Waals surface area contributed by atoms with E-state index in [4.69, 9.17) is 5.73 Å². The molecule has 0 heterocycles. The molecule has 0 spiro atoms. The average molecular weight is 272 g/mol. The first-order chi connectivity index (χ1) is 6.81. The molecule has 15 heavy (non-hydrogen) atoms. The van der Waals surface area contributed by atoms with E-state index in [1.165, 1.54) is 6.92 Å². The van der Waals surface area contributed by atoms with E-state index < -0.39 is 26.1 Å². The first kappa shape index (κ1) is 14.9. The lowest BCUT2D eigenvalue weighted by atomic mass is 10.5. The summed E-state index contributed by atoms with van der Waals surface area (Å²) in [7, 11) is -4.49. The predicted octanol–water partition coefficient (Wildman–Crippen LogP) is -0.651. The van der Waals surface area contributed by atoms with Gasteiger partial charge >= 0.3 is 0 Å². The zero-order valence-corrected chi connectivity index (χ0v) is 11.2. The normalized spacial score (nSPS) is 15.9. The summed E-state index contributed by atoms with van der Waals surface area (Å²) in [5.41, 5.74) is 5.23. The van der Waals surface area contributed by atoms with Gasteiger partial charge in [0, 0.05) is 28.9 Å². The zero-order valence-electron chi connectivity index (χ0n) is 8.73. The van der Waals surface area contributed by atoms with Crippen LogP contribution in [0.3, 0.4) is 0 Å². The summed E-state index contributed by atoms with van der Waals surface area (Å²) in [5.74, 6) is 0.826. The first-order valence-electron chi connectivity index (χ1n) is 4.44. The molecule has 8 heteroatoms. The third-order valence-corrected chi connectivity index (χ3v) is 5.42. The van der Waals surface area contributed by atoms with E-state index in [9.17, 15) is 12.6 Å². The van der Waals surface area contributed by atoms with Gasteiger partial charge in [0.2, 0.25) is 10.0 Å². The number of nitrogens with one attached hydrogen (secondary N) is 1. The van der Waals surface area contributed by atoms with Crippen molar-refractivity contribution < 1.29 is 12.6 Å². The Labute approximate surface area is 98.3 Å². The maximum Gasteiger partial charge on any atom is 0.220 e. The molecule has 0 saturated heterocycles. The maximum atomic E-state index is 11.5. The second-order valence-corrected chi connectivity index (χ2v) is 7.34. The van der Waals surface area contributed by atoms with Crippen LogP contribution in [0.1, 0.15) is 13.8 Å². The van der Waals surface area contributed by atoms with Gasteiger partial charge in [0.15, 0.2) is 0 Å². The van der Waals surface area contributed by atoms with E-state index in [1.54, 1.807) is 6.92 Å². The Kier molecular flexibility index (Phi) is 6.49. The number of rotatable bonds is 7. The van der Waals surface area contributed by atoms with Crippen molar-refractivity contribution in [2.75, 3.05) is 18.1 Å². The summed E-state index contributed by atoms with van der Waals surface area (Å²) in [6, 6.07) is 0. The predicted molar refractivity (Wildman–Crippen MR) is 66.7 cm³/mol. The van der Waals surface area contributed by atoms with Crippen molar-refractivity contribution in [3.05, 3.63) is 0 Å². The molecule has 3 N–H and O–H groups in total. The Balaban J connectivity index is 4.17. The lowest BCUT2D eigenvalue weighted by Crippen LogP contribution is -2.41. The van der Waals surface area contributed by atoms with Gasteiger partial charge in [0.25, 0.3) is 0 Å². The van der Waals surface area contributed by atoms with Crippen molar-refractivity contribution in [1.29, 1.82) is 0 Å². The minimum atomic E-state index is -3.51. The Morgan fingerprint density at radius 3 is 2.53 bits per heavy atom. The van der Waals surface area contributed by atoms with Gasteiger partial charge in [-0.15, -0.1) is 0 Å². The van der Waals surface area contributed by atoms with Crippen molar-refractivity contribution in [1.82, 2.24) is 4.72 Å². The SMILES string of the molecule is CCS(=O)CCNS(=O)(=O)C(C)C(N)=S. The molecule has 0 aromatic heterocycles. The van der Waals surface area contributed by atoms with Gasteiger partial charge in [-0.3, -0.25) is 4.21 Å². The summed E-state index contributed by atoms with van der Waals surface area (Å²) >= 11 is 4.59. The second kappa shape index (κ2) is 6.51. The lowest BCUT2D eigenvalue weighted by molar-refractivity contribution is 0.581. The van der Waals surface area contributed by atoms with Gasteiger partial charge in [-0.05, 0) is 6.92 Å². The van der Waals surface area contributed by atoms with Crippen molar-refractivity contribution in [2.45, 2.75) is 19.1 Å². The van der Waals surface area contributed by atoms with Gasteiger partial charge in [0.05, 0.1) is 4.99 Å². The van der Waals surface area contributed by atoms with E-state index in [-0.39, 0.29) is 11.5 Å². The molecular formula is C7H16N2O3S3. The number of sulfonamides is 1. The molecule has 0 aliphatic carbocycles. The molecule has 0 amide bonds. The van der Waals surface area contributed by atoms with E-state index in [2.05, 4.69) is 16.9 Å². The molecule has 0 aromatic carbocycles. The summed E-state index contributed by atoms with van der Waals surface area (Å²) in [6.07, 6.45) is 0. The Morgan fingerprint density at radius 2 is 2.13 bits per heavy atom. The smallest absolute Gasteiger partial charge is 0.220 e. The van der Waals surface area contributed by atoms with Crippen LogP contribution < -0.4 is 10.5 Å². The van der Waals surface area contributed by atoms with Crippen molar-refractivity contribution in [2.24, 2.45) is 5.73 Å². The van der Waals surface area contributed by atoms with Crippen molar-refractivity contribution in [3.8, 4) is 0 Å². The summed E-state index contributed by atoms with van der Waals surface area (Å²) in [6.45, 7) is 3.35. The van der Waals surface area contributed by atoms with Crippen LogP contribution in [0.4, 0.5) is 0 Å². The summed E-state index contributed by atoms with van der Waals surface area (Å²) < 4.78 is 36.3. The highest BCUT2D eigenvalue weighted by Gasteiger charge is 2.22. The molecule has 0 rings (SSSR count).